The fourth-order valence-electron chi connectivity index (χ4n) is 5.48. The van der Waals surface area contributed by atoms with Crippen molar-refractivity contribution in [1.29, 1.82) is 0 Å². The van der Waals surface area contributed by atoms with Crippen LogP contribution in [-0.4, -0.2) is 59.6 Å². The molecule has 0 aromatic heterocycles. The largest absolute Gasteiger partial charge is 0.444 e. The van der Waals surface area contributed by atoms with Gasteiger partial charge in [0.25, 0.3) is 0 Å². The van der Waals surface area contributed by atoms with E-state index >= 15 is 0 Å². The lowest BCUT2D eigenvalue weighted by atomic mass is 9.90. The van der Waals surface area contributed by atoms with Gasteiger partial charge in [-0.2, -0.15) is 0 Å². The summed E-state index contributed by atoms with van der Waals surface area (Å²) in [7, 11) is 0. The Morgan fingerprint density at radius 3 is 2.41 bits per heavy atom. The maximum atomic E-state index is 13.9. The zero-order valence-corrected chi connectivity index (χ0v) is 22.5. The van der Waals surface area contributed by atoms with Crippen LogP contribution in [0.2, 0.25) is 0 Å². The predicted octanol–water partition coefficient (Wildman–Crippen LogP) is 5.19. The summed E-state index contributed by atoms with van der Waals surface area (Å²) in [5.41, 5.74) is 1.63. The zero-order chi connectivity index (χ0) is 26.6. The fourth-order valence-corrected chi connectivity index (χ4v) is 5.48. The van der Waals surface area contributed by atoms with E-state index in [0.717, 1.165) is 36.9 Å². The quantitative estimate of drug-likeness (QED) is 0.582. The number of benzene rings is 2. The number of hydrogen-bond donors (Lipinski definition) is 1. The molecule has 2 fully saturated rings. The SMILES string of the molecule is C[C@@H](N[C@@H]1CN(C(=O)OC(C)(C)C)C[C@H]1C(=O)N1CCCC(Cc2ccc(F)cc2)C1)c1ccccc1. The number of likely N-dealkylation sites (tertiary alicyclic amines) is 2. The number of carbonyl (C=O) groups is 2. The van der Waals surface area contributed by atoms with E-state index in [4.69, 9.17) is 4.74 Å². The van der Waals surface area contributed by atoms with E-state index in [2.05, 4.69) is 24.4 Å². The minimum Gasteiger partial charge on any atom is -0.444 e. The molecule has 4 rings (SSSR count). The van der Waals surface area contributed by atoms with E-state index < -0.39 is 5.60 Å². The Hall–Kier alpha value is -2.93. The third-order valence-corrected chi connectivity index (χ3v) is 7.32. The van der Waals surface area contributed by atoms with Crippen molar-refractivity contribution in [3.05, 3.63) is 71.5 Å². The number of ether oxygens (including phenoxy) is 1. The second-order valence-corrected chi connectivity index (χ2v) is 11.5. The molecule has 2 aliphatic heterocycles. The smallest absolute Gasteiger partial charge is 0.410 e. The summed E-state index contributed by atoms with van der Waals surface area (Å²) in [5.74, 6) is -0.153. The Labute approximate surface area is 220 Å². The lowest BCUT2D eigenvalue weighted by Gasteiger charge is -2.36. The minimum atomic E-state index is -0.597. The molecule has 2 aromatic rings. The molecule has 0 bridgehead atoms. The van der Waals surface area contributed by atoms with Gasteiger partial charge in [-0.25, -0.2) is 9.18 Å². The van der Waals surface area contributed by atoms with Gasteiger partial charge in [-0.3, -0.25) is 4.79 Å². The Bertz CT molecular complexity index is 1050. The van der Waals surface area contributed by atoms with Crippen molar-refractivity contribution < 1.29 is 18.7 Å². The number of amides is 2. The number of piperidine rings is 1. The number of rotatable bonds is 6. The maximum absolute atomic E-state index is 13.9. The van der Waals surface area contributed by atoms with Crippen LogP contribution in [0.5, 0.6) is 0 Å². The highest BCUT2D eigenvalue weighted by molar-refractivity contribution is 5.82. The molecular weight excluding hydrogens is 469 g/mol. The highest BCUT2D eigenvalue weighted by atomic mass is 19.1. The summed E-state index contributed by atoms with van der Waals surface area (Å²) < 4.78 is 19.0. The van der Waals surface area contributed by atoms with Crippen LogP contribution >= 0.6 is 0 Å². The van der Waals surface area contributed by atoms with Crippen LogP contribution in [0.4, 0.5) is 9.18 Å². The molecule has 1 unspecified atom stereocenters. The van der Waals surface area contributed by atoms with Crippen molar-refractivity contribution >= 4 is 12.0 Å². The van der Waals surface area contributed by atoms with Crippen LogP contribution in [-0.2, 0) is 16.0 Å². The van der Waals surface area contributed by atoms with Crippen LogP contribution in [0.15, 0.2) is 54.6 Å². The highest BCUT2D eigenvalue weighted by Gasteiger charge is 2.43. The minimum absolute atomic E-state index is 0.0349. The first-order valence-corrected chi connectivity index (χ1v) is 13.4. The van der Waals surface area contributed by atoms with Gasteiger partial charge in [0, 0.05) is 38.3 Å². The molecule has 6 nitrogen and oxygen atoms in total. The monoisotopic (exact) mass is 509 g/mol. The molecule has 2 saturated heterocycles. The predicted molar refractivity (Wildman–Crippen MR) is 142 cm³/mol. The zero-order valence-electron chi connectivity index (χ0n) is 22.5. The molecule has 37 heavy (non-hydrogen) atoms. The Morgan fingerprint density at radius 1 is 1.03 bits per heavy atom. The van der Waals surface area contributed by atoms with Gasteiger partial charge in [0.05, 0.1) is 5.92 Å². The van der Waals surface area contributed by atoms with E-state index in [0.29, 0.717) is 25.6 Å². The Kier molecular flexibility index (Phi) is 8.53. The molecule has 0 saturated carbocycles. The molecule has 0 aliphatic carbocycles. The standard InChI is InChI=1S/C30H40FN3O3/c1-21(24-10-6-5-7-11-24)32-27-20-34(29(36)37-30(2,3)4)19-26(27)28(35)33-16-8-9-23(18-33)17-22-12-14-25(31)15-13-22/h5-7,10-15,21,23,26-27,32H,8-9,16-20H2,1-4H3/t21-,23?,26-,27-/m1/s1. The summed E-state index contributed by atoms with van der Waals surface area (Å²) in [4.78, 5) is 30.4. The number of halogens is 1. The van der Waals surface area contributed by atoms with E-state index in [1.54, 1.807) is 4.90 Å². The molecule has 200 valence electrons. The first-order valence-electron chi connectivity index (χ1n) is 13.4. The van der Waals surface area contributed by atoms with E-state index in [1.165, 1.54) is 12.1 Å². The third-order valence-electron chi connectivity index (χ3n) is 7.32. The number of nitrogens with one attached hydrogen (secondary N) is 1. The molecule has 2 aromatic carbocycles. The van der Waals surface area contributed by atoms with Crippen molar-refractivity contribution in [1.82, 2.24) is 15.1 Å². The van der Waals surface area contributed by atoms with Crippen LogP contribution in [0.3, 0.4) is 0 Å². The molecule has 2 aliphatic rings. The van der Waals surface area contributed by atoms with E-state index in [9.17, 15) is 14.0 Å². The van der Waals surface area contributed by atoms with Gasteiger partial charge in [-0.05, 0) is 76.1 Å². The van der Waals surface area contributed by atoms with Crippen molar-refractivity contribution in [2.24, 2.45) is 11.8 Å². The molecule has 0 spiro atoms. The number of nitrogens with zero attached hydrogens (tertiary/aromatic N) is 2. The highest BCUT2D eigenvalue weighted by Crippen LogP contribution is 2.28. The van der Waals surface area contributed by atoms with Crippen LogP contribution in [0.1, 0.15) is 57.7 Å². The van der Waals surface area contributed by atoms with Gasteiger partial charge < -0.3 is 19.9 Å². The molecule has 1 N–H and O–H groups in total. The van der Waals surface area contributed by atoms with Gasteiger partial charge >= 0.3 is 6.09 Å². The molecular formula is C30H40FN3O3. The first-order chi connectivity index (χ1) is 17.6. The third kappa shape index (κ3) is 7.31. The summed E-state index contributed by atoms with van der Waals surface area (Å²) >= 11 is 0. The Balaban J connectivity index is 1.46. The second kappa shape index (κ2) is 11.6. The fraction of sp³-hybridized carbons (Fsp3) is 0.533. The van der Waals surface area contributed by atoms with Crippen LogP contribution < -0.4 is 5.32 Å². The maximum Gasteiger partial charge on any atom is 0.410 e. The normalized spacial score (nSPS) is 23.1. The second-order valence-electron chi connectivity index (χ2n) is 11.5. The lowest BCUT2D eigenvalue weighted by Crippen LogP contribution is -2.49. The van der Waals surface area contributed by atoms with Gasteiger partial charge in [0.2, 0.25) is 5.91 Å². The summed E-state index contributed by atoms with van der Waals surface area (Å²) in [5, 5.41) is 3.64. The molecule has 0 radical (unpaired) electrons. The van der Waals surface area contributed by atoms with E-state index in [1.807, 2.05) is 56.0 Å². The van der Waals surface area contributed by atoms with E-state index in [-0.39, 0.29) is 35.8 Å². The molecule has 4 atom stereocenters. The van der Waals surface area contributed by atoms with Crippen LogP contribution in [0, 0.1) is 17.7 Å². The van der Waals surface area contributed by atoms with Crippen molar-refractivity contribution in [3.8, 4) is 0 Å². The molecule has 7 heteroatoms. The molecule has 2 heterocycles. The van der Waals surface area contributed by atoms with Crippen molar-refractivity contribution in [2.45, 2.75) is 64.6 Å². The van der Waals surface area contributed by atoms with Crippen LogP contribution in [0.25, 0.3) is 0 Å². The van der Waals surface area contributed by atoms with Crippen molar-refractivity contribution in [3.63, 3.8) is 0 Å². The van der Waals surface area contributed by atoms with Gasteiger partial charge in [0.15, 0.2) is 0 Å². The van der Waals surface area contributed by atoms with Gasteiger partial charge in [-0.1, -0.05) is 42.5 Å². The number of hydrogen-bond acceptors (Lipinski definition) is 4. The number of carbonyl (C=O) groups excluding carboxylic acids is 2. The molecule has 2 amide bonds. The Morgan fingerprint density at radius 2 is 1.73 bits per heavy atom. The topological polar surface area (TPSA) is 61.9 Å². The van der Waals surface area contributed by atoms with Gasteiger partial charge in [0.1, 0.15) is 11.4 Å². The average molecular weight is 510 g/mol. The summed E-state index contributed by atoms with van der Waals surface area (Å²) in [6.07, 6.45) is 2.43. The summed E-state index contributed by atoms with van der Waals surface area (Å²) in [6, 6.07) is 16.7. The first kappa shape index (κ1) is 27.1. The lowest BCUT2D eigenvalue weighted by molar-refractivity contribution is -0.137. The van der Waals surface area contributed by atoms with Gasteiger partial charge in [-0.15, -0.1) is 0 Å². The average Bonchev–Trinajstić information content (AvgIpc) is 3.28. The van der Waals surface area contributed by atoms with Crippen molar-refractivity contribution in [2.75, 3.05) is 26.2 Å². The summed E-state index contributed by atoms with van der Waals surface area (Å²) in [6.45, 7) is 9.82.